The van der Waals surface area contributed by atoms with Gasteiger partial charge in [0.1, 0.15) is 18.5 Å². The SMILES string of the molecule is O=C(O)Cn1c(C(=O)NCP(=O)(O)O)cc2ccc3ccccc3c21. The number of hydrogen-bond acceptors (Lipinski definition) is 3. The fourth-order valence-electron chi connectivity index (χ4n) is 2.79. The fourth-order valence-corrected chi connectivity index (χ4v) is 3.14. The van der Waals surface area contributed by atoms with Crippen molar-refractivity contribution in [2.75, 3.05) is 6.29 Å². The quantitative estimate of drug-likeness (QED) is 0.512. The van der Waals surface area contributed by atoms with Crippen LogP contribution in [-0.4, -0.2) is 37.6 Å². The smallest absolute Gasteiger partial charge is 0.344 e. The number of nitrogens with zero attached hydrogens (tertiary/aromatic N) is 1. The number of rotatable bonds is 5. The van der Waals surface area contributed by atoms with E-state index in [1.165, 1.54) is 10.6 Å². The lowest BCUT2D eigenvalue weighted by molar-refractivity contribution is -0.137. The zero-order valence-corrected chi connectivity index (χ0v) is 13.8. The number of aromatic nitrogens is 1. The molecule has 0 unspecified atom stereocenters. The Hall–Kier alpha value is -2.67. The summed E-state index contributed by atoms with van der Waals surface area (Å²) >= 11 is 0. The summed E-state index contributed by atoms with van der Waals surface area (Å²) in [5.41, 5.74) is 0.615. The van der Waals surface area contributed by atoms with E-state index >= 15 is 0 Å². The van der Waals surface area contributed by atoms with Gasteiger partial charge in [-0.2, -0.15) is 0 Å². The summed E-state index contributed by atoms with van der Waals surface area (Å²) < 4.78 is 12.3. The van der Waals surface area contributed by atoms with Crippen molar-refractivity contribution < 1.29 is 29.0 Å². The van der Waals surface area contributed by atoms with Crippen LogP contribution in [0.25, 0.3) is 21.7 Å². The van der Waals surface area contributed by atoms with E-state index in [1.807, 2.05) is 30.3 Å². The lowest BCUT2D eigenvalue weighted by Gasteiger charge is -2.11. The number of carboxylic acids is 1. The van der Waals surface area contributed by atoms with Gasteiger partial charge in [0.25, 0.3) is 5.91 Å². The molecule has 0 saturated heterocycles. The van der Waals surface area contributed by atoms with E-state index < -0.39 is 32.3 Å². The molecule has 0 aliphatic rings. The fraction of sp³-hybridized carbons (Fsp3) is 0.125. The van der Waals surface area contributed by atoms with Crippen LogP contribution in [0.3, 0.4) is 0 Å². The monoisotopic (exact) mass is 362 g/mol. The minimum absolute atomic E-state index is 0.0298. The molecule has 4 N–H and O–H groups in total. The maximum absolute atomic E-state index is 12.3. The third-order valence-electron chi connectivity index (χ3n) is 3.76. The average molecular weight is 362 g/mol. The maximum atomic E-state index is 12.3. The number of carboxylic acid groups (broad SMARTS) is 1. The molecule has 0 saturated carbocycles. The normalized spacial score (nSPS) is 11.8. The minimum Gasteiger partial charge on any atom is -0.480 e. The number of hydrogen-bond donors (Lipinski definition) is 4. The predicted octanol–water partition coefficient (Wildman–Crippen LogP) is 1.74. The molecular weight excluding hydrogens is 347 g/mol. The van der Waals surface area contributed by atoms with Crippen LogP contribution in [0.5, 0.6) is 0 Å². The summed E-state index contributed by atoms with van der Waals surface area (Å²) in [6.07, 6.45) is -0.818. The summed E-state index contributed by atoms with van der Waals surface area (Å²) in [6, 6.07) is 12.5. The lowest BCUT2D eigenvalue weighted by Crippen LogP contribution is -2.27. The number of fused-ring (bicyclic) bond motifs is 3. The summed E-state index contributed by atoms with van der Waals surface area (Å²) in [7, 11) is -4.41. The van der Waals surface area contributed by atoms with Gasteiger partial charge < -0.3 is 24.8 Å². The molecule has 0 atom stereocenters. The van der Waals surface area contributed by atoms with Crippen molar-refractivity contribution in [2.24, 2.45) is 0 Å². The van der Waals surface area contributed by atoms with Crippen molar-refractivity contribution in [1.82, 2.24) is 9.88 Å². The van der Waals surface area contributed by atoms with Gasteiger partial charge in [0.15, 0.2) is 0 Å². The Bertz CT molecular complexity index is 1040. The molecule has 1 heterocycles. The standard InChI is InChI=1S/C16H15N2O6P/c19-14(20)8-18-13(16(21)17-9-25(22,23)24)7-11-6-5-10-3-1-2-4-12(10)15(11)18/h1-7H,8-9H2,(H,17,21)(H,19,20)(H2,22,23,24). The number of carbonyl (C=O) groups excluding carboxylic acids is 1. The summed E-state index contributed by atoms with van der Waals surface area (Å²) in [4.78, 5) is 41.4. The zero-order chi connectivity index (χ0) is 18.2. The van der Waals surface area contributed by atoms with Crippen LogP contribution in [0.15, 0.2) is 42.5 Å². The van der Waals surface area contributed by atoms with E-state index in [1.54, 1.807) is 6.07 Å². The van der Waals surface area contributed by atoms with Gasteiger partial charge >= 0.3 is 13.6 Å². The molecule has 8 nitrogen and oxygen atoms in total. The Labute approximate surface area is 141 Å². The van der Waals surface area contributed by atoms with Gasteiger partial charge in [-0.15, -0.1) is 0 Å². The van der Waals surface area contributed by atoms with Crippen LogP contribution in [0, 0.1) is 0 Å². The second kappa shape index (κ2) is 6.33. The molecule has 0 aliphatic heterocycles. The van der Waals surface area contributed by atoms with E-state index in [0.717, 1.165) is 10.8 Å². The second-order valence-corrected chi connectivity index (χ2v) is 7.21. The highest BCUT2D eigenvalue weighted by Gasteiger charge is 2.21. The van der Waals surface area contributed by atoms with Crippen molar-refractivity contribution >= 4 is 41.1 Å². The van der Waals surface area contributed by atoms with Crippen molar-refractivity contribution in [3.8, 4) is 0 Å². The minimum atomic E-state index is -4.41. The summed E-state index contributed by atoms with van der Waals surface area (Å²) in [6.45, 7) is -0.448. The first-order valence-corrected chi connectivity index (χ1v) is 9.11. The van der Waals surface area contributed by atoms with Gasteiger partial charge in [0.05, 0.1) is 5.52 Å². The second-order valence-electron chi connectivity index (χ2n) is 5.56. The molecule has 25 heavy (non-hydrogen) atoms. The number of aliphatic carboxylic acids is 1. The van der Waals surface area contributed by atoms with Crippen LogP contribution in [0.1, 0.15) is 10.5 Å². The van der Waals surface area contributed by atoms with Gasteiger partial charge in [0, 0.05) is 10.8 Å². The molecule has 2 aromatic carbocycles. The molecule has 3 aromatic rings. The van der Waals surface area contributed by atoms with Crippen molar-refractivity contribution in [3.05, 3.63) is 48.2 Å². The van der Waals surface area contributed by atoms with Crippen LogP contribution in [0.2, 0.25) is 0 Å². The van der Waals surface area contributed by atoms with Crippen molar-refractivity contribution in [1.29, 1.82) is 0 Å². The number of carbonyl (C=O) groups is 2. The highest BCUT2D eigenvalue weighted by molar-refractivity contribution is 7.51. The highest BCUT2D eigenvalue weighted by Crippen LogP contribution is 2.33. The van der Waals surface area contributed by atoms with Gasteiger partial charge in [-0.05, 0) is 11.5 Å². The molecule has 3 rings (SSSR count). The molecular formula is C16H15N2O6P. The van der Waals surface area contributed by atoms with Crippen LogP contribution >= 0.6 is 7.60 Å². The number of benzene rings is 2. The molecule has 0 radical (unpaired) electrons. The first kappa shape index (κ1) is 17.2. The third kappa shape index (κ3) is 3.56. The van der Waals surface area contributed by atoms with E-state index in [2.05, 4.69) is 5.32 Å². The molecule has 0 bridgehead atoms. The first-order chi connectivity index (χ1) is 11.8. The zero-order valence-electron chi connectivity index (χ0n) is 12.9. The van der Waals surface area contributed by atoms with Gasteiger partial charge in [-0.3, -0.25) is 14.2 Å². The maximum Gasteiger partial charge on any atom is 0.344 e. The Morgan fingerprint density at radius 3 is 2.44 bits per heavy atom. The van der Waals surface area contributed by atoms with E-state index in [4.69, 9.17) is 9.79 Å². The number of amides is 1. The molecule has 0 fully saturated rings. The Balaban J connectivity index is 2.17. The largest absolute Gasteiger partial charge is 0.480 e. The Morgan fingerprint density at radius 2 is 1.76 bits per heavy atom. The van der Waals surface area contributed by atoms with Crippen LogP contribution in [0.4, 0.5) is 0 Å². The first-order valence-electron chi connectivity index (χ1n) is 7.32. The van der Waals surface area contributed by atoms with Gasteiger partial charge in [-0.25, -0.2) is 0 Å². The van der Waals surface area contributed by atoms with E-state index in [9.17, 15) is 19.3 Å². The van der Waals surface area contributed by atoms with Gasteiger partial charge in [0.2, 0.25) is 0 Å². The van der Waals surface area contributed by atoms with Gasteiger partial charge in [-0.1, -0.05) is 36.4 Å². The van der Waals surface area contributed by atoms with Crippen LogP contribution in [-0.2, 0) is 15.9 Å². The molecule has 1 aromatic heterocycles. The van der Waals surface area contributed by atoms with Crippen molar-refractivity contribution in [2.45, 2.75) is 6.54 Å². The highest BCUT2D eigenvalue weighted by atomic mass is 31.2. The van der Waals surface area contributed by atoms with E-state index in [-0.39, 0.29) is 5.69 Å². The molecule has 1 amide bonds. The topological polar surface area (TPSA) is 129 Å². The van der Waals surface area contributed by atoms with E-state index in [0.29, 0.717) is 10.9 Å². The van der Waals surface area contributed by atoms with Crippen LogP contribution < -0.4 is 5.32 Å². The Kier molecular flexibility index (Phi) is 4.34. The molecule has 130 valence electrons. The Morgan fingerprint density at radius 1 is 1.08 bits per heavy atom. The molecule has 9 heteroatoms. The number of nitrogens with one attached hydrogen (secondary N) is 1. The third-order valence-corrected chi connectivity index (χ3v) is 4.33. The predicted molar refractivity (Wildman–Crippen MR) is 91.5 cm³/mol. The molecule has 0 spiro atoms. The van der Waals surface area contributed by atoms with Crippen molar-refractivity contribution in [3.63, 3.8) is 0 Å². The summed E-state index contributed by atoms with van der Waals surface area (Å²) in [5, 5.41) is 13.7. The lowest BCUT2D eigenvalue weighted by atomic mass is 10.1. The molecule has 0 aliphatic carbocycles. The summed E-state index contributed by atoms with van der Waals surface area (Å²) in [5.74, 6) is -1.88. The average Bonchev–Trinajstić information content (AvgIpc) is 2.90.